The summed E-state index contributed by atoms with van der Waals surface area (Å²) in [6.07, 6.45) is 6.74. The number of piperidine rings is 1. The molecule has 114 valence electrons. The molecule has 2 rings (SSSR count). The molecular formula is C15H25NO4. The van der Waals surface area contributed by atoms with E-state index in [0.717, 1.165) is 51.8 Å². The minimum Gasteiger partial charge on any atom is -0.481 e. The van der Waals surface area contributed by atoms with Crippen LogP contribution in [0.25, 0.3) is 0 Å². The van der Waals surface area contributed by atoms with Crippen molar-refractivity contribution in [1.82, 2.24) is 4.90 Å². The van der Waals surface area contributed by atoms with Gasteiger partial charge in [0, 0.05) is 26.1 Å². The summed E-state index contributed by atoms with van der Waals surface area (Å²) < 4.78 is 5.62. The molecule has 0 aromatic rings. The molecule has 2 aliphatic rings. The Kier molecular flexibility index (Phi) is 5.83. The third-order valence-electron chi connectivity index (χ3n) is 4.31. The van der Waals surface area contributed by atoms with Crippen LogP contribution in [0.15, 0.2) is 0 Å². The molecule has 2 atom stereocenters. The maximum absolute atomic E-state index is 12.3. The van der Waals surface area contributed by atoms with Gasteiger partial charge in [-0.05, 0) is 44.4 Å². The summed E-state index contributed by atoms with van der Waals surface area (Å²) in [6, 6.07) is 0. The number of hydrogen-bond acceptors (Lipinski definition) is 3. The molecule has 0 aliphatic carbocycles. The zero-order valence-electron chi connectivity index (χ0n) is 12.1. The van der Waals surface area contributed by atoms with Crippen LogP contribution in [0.3, 0.4) is 0 Å². The highest BCUT2D eigenvalue weighted by molar-refractivity contribution is 5.76. The maximum atomic E-state index is 12.3. The highest BCUT2D eigenvalue weighted by Gasteiger charge is 2.26. The third kappa shape index (κ3) is 4.78. The fraction of sp³-hybridized carbons (Fsp3) is 0.867. The monoisotopic (exact) mass is 283 g/mol. The van der Waals surface area contributed by atoms with Gasteiger partial charge in [-0.1, -0.05) is 0 Å². The number of aliphatic carboxylic acids is 1. The summed E-state index contributed by atoms with van der Waals surface area (Å²) in [6.45, 7) is 2.31. The number of amides is 1. The van der Waals surface area contributed by atoms with E-state index in [0.29, 0.717) is 18.8 Å². The minimum absolute atomic E-state index is 0.0932. The Morgan fingerprint density at radius 3 is 2.75 bits per heavy atom. The van der Waals surface area contributed by atoms with Crippen molar-refractivity contribution >= 4 is 11.9 Å². The zero-order valence-corrected chi connectivity index (χ0v) is 12.1. The van der Waals surface area contributed by atoms with Gasteiger partial charge in [0.15, 0.2) is 0 Å². The minimum atomic E-state index is -0.746. The summed E-state index contributed by atoms with van der Waals surface area (Å²) in [4.78, 5) is 24.8. The zero-order chi connectivity index (χ0) is 14.4. The average molecular weight is 283 g/mol. The summed E-state index contributed by atoms with van der Waals surface area (Å²) in [5.41, 5.74) is 0. The predicted molar refractivity (Wildman–Crippen MR) is 74.4 cm³/mol. The molecule has 0 aromatic heterocycles. The number of carboxylic acids is 1. The predicted octanol–water partition coefficient (Wildman–Crippen LogP) is 2.05. The van der Waals surface area contributed by atoms with Gasteiger partial charge in [-0.15, -0.1) is 0 Å². The fourth-order valence-electron chi connectivity index (χ4n) is 3.15. The number of carboxylic acid groups (broad SMARTS) is 1. The molecule has 0 saturated carbocycles. The Balaban J connectivity index is 1.75. The van der Waals surface area contributed by atoms with E-state index in [1.807, 2.05) is 4.90 Å². The van der Waals surface area contributed by atoms with Gasteiger partial charge in [-0.2, -0.15) is 0 Å². The van der Waals surface area contributed by atoms with Crippen molar-refractivity contribution in [3.8, 4) is 0 Å². The van der Waals surface area contributed by atoms with Crippen LogP contribution >= 0.6 is 0 Å². The maximum Gasteiger partial charge on any atom is 0.303 e. The van der Waals surface area contributed by atoms with Crippen LogP contribution in [0, 0.1) is 5.92 Å². The first-order valence-corrected chi connectivity index (χ1v) is 7.76. The Hall–Kier alpha value is -1.10. The Bertz CT molecular complexity index is 339. The molecule has 0 radical (unpaired) electrons. The number of ether oxygens (including phenoxy) is 1. The van der Waals surface area contributed by atoms with E-state index in [4.69, 9.17) is 9.84 Å². The molecule has 2 saturated heterocycles. The first-order valence-electron chi connectivity index (χ1n) is 7.76. The van der Waals surface area contributed by atoms with Crippen LogP contribution < -0.4 is 0 Å². The van der Waals surface area contributed by atoms with Crippen molar-refractivity contribution in [2.45, 2.75) is 57.5 Å². The van der Waals surface area contributed by atoms with Crippen molar-refractivity contribution in [3.05, 3.63) is 0 Å². The van der Waals surface area contributed by atoms with Crippen LogP contribution in [0.5, 0.6) is 0 Å². The van der Waals surface area contributed by atoms with E-state index in [-0.39, 0.29) is 18.4 Å². The van der Waals surface area contributed by atoms with Gasteiger partial charge in [0.05, 0.1) is 12.5 Å². The van der Waals surface area contributed by atoms with E-state index >= 15 is 0 Å². The second-order valence-electron chi connectivity index (χ2n) is 5.97. The van der Waals surface area contributed by atoms with Crippen molar-refractivity contribution in [2.24, 2.45) is 5.92 Å². The molecule has 1 amide bonds. The molecule has 5 nitrogen and oxygen atoms in total. The molecule has 0 unspecified atom stereocenters. The normalized spacial score (nSPS) is 27.3. The van der Waals surface area contributed by atoms with Gasteiger partial charge in [0.1, 0.15) is 0 Å². The topological polar surface area (TPSA) is 66.8 Å². The molecule has 2 heterocycles. The van der Waals surface area contributed by atoms with Crippen molar-refractivity contribution < 1.29 is 19.4 Å². The van der Waals surface area contributed by atoms with Crippen molar-refractivity contribution in [1.29, 1.82) is 0 Å². The number of hydrogen-bond donors (Lipinski definition) is 1. The molecule has 5 heteroatoms. The van der Waals surface area contributed by atoms with Crippen LogP contribution in [0.2, 0.25) is 0 Å². The smallest absolute Gasteiger partial charge is 0.303 e. The van der Waals surface area contributed by atoms with E-state index in [2.05, 4.69) is 0 Å². The number of rotatable bonds is 5. The quantitative estimate of drug-likeness (QED) is 0.838. The van der Waals surface area contributed by atoms with Crippen LogP contribution in [-0.2, 0) is 14.3 Å². The Morgan fingerprint density at radius 1 is 1.20 bits per heavy atom. The number of carbonyl (C=O) groups excluding carboxylic acids is 1. The summed E-state index contributed by atoms with van der Waals surface area (Å²) in [5, 5.41) is 8.74. The van der Waals surface area contributed by atoms with Gasteiger partial charge >= 0.3 is 5.97 Å². The highest BCUT2D eigenvalue weighted by atomic mass is 16.5. The van der Waals surface area contributed by atoms with Crippen LogP contribution in [0.1, 0.15) is 51.4 Å². The second-order valence-corrected chi connectivity index (χ2v) is 5.97. The van der Waals surface area contributed by atoms with Crippen molar-refractivity contribution in [2.75, 3.05) is 19.7 Å². The molecule has 2 fully saturated rings. The fourth-order valence-corrected chi connectivity index (χ4v) is 3.15. The molecule has 20 heavy (non-hydrogen) atoms. The van der Waals surface area contributed by atoms with E-state index in [1.165, 1.54) is 0 Å². The molecule has 0 bridgehead atoms. The van der Waals surface area contributed by atoms with Crippen LogP contribution in [0.4, 0.5) is 0 Å². The van der Waals surface area contributed by atoms with Gasteiger partial charge in [0.2, 0.25) is 5.91 Å². The summed E-state index contributed by atoms with van der Waals surface area (Å²) in [7, 11) is 0. The largest absolute Gasteiger partial charge is 0.481 e. The molecule has 0 spiro atoms. The lowest BCUT2D eigenvalue weighted by Crippen LogP contribution is -2.41. The van der Waals surface area contributed by atoms with E-state index < -0.39 is 5.97 Å². The molecule has 0 aromatic carbocycles. The highest BCUT2D eigenvalue weighted by Crippen LogP contribution is 2.23. The average Bonchev–Trinajstić information content (AvgIpc) is 2.46. The lowest BCUT2D eigenvalue weighted by Gasteiger charge is -2.34. The summed E-state index contributed by atoms with van der Waals surface area (Å²) >= 11 is 0. The standard InChI is InChI=1S/C15H25NO4/c17-14(10-13-5-1-2-9-20-13)16-8-3-4-12(11-16)6-7-15(18)19/h12-13H,1-11H2,(H,18,19)/t12-,13-/m1/s1. The SMILES string of the molecule is O=C(O)CC[C@H]1CCCN(C(=O)C[C@H]2CCCCO2)C1. The lowest BCUT2D eigenvalue weighted by molar-refractivity contribution is -0.137. The second kappa shape index (κ2) is 7.62. The first-order chi connectivity index (χ1) is 9.65. The number of nitrogens with zero attached hydrogens (tertiary/aromatic N) is 1. The first kappa shape index (κ1) is 15.3. The molecule has 2 aliphatic heterocycles. The Labute approximate surface area is 120 Å². The molecular weight excluding hydrogens is 258 g/mol. The number of likely N-dealkylation sites (tertiary alicyclic amines) is 1. The van der Waals surface area contributed by atoms with Crippen molar-refractivity contribution in [3.63, 3.8) is 0 Å². The van der Waals surface area contributed by atoms with Gasteiger partial charge in [0.25, 0.3) is 0 Å². The van der Waals surface area contributed by atoms with Gasteiger partial charge in [-0.25, -0.2) is 0 Å². The van der Waals surface area contributed by atoms with Crippen LogP contribution in [-0.4, -0.2) is 47.7 Å². The molecule has 1 N–H and O–H groups in total. The van der Waals surface area contributed by atoms with E-state index in [1.54, 1.807) is 0 Å². The summed E-state index contributed by atoms with van der Waals surface area (Å²) in [5.74, 6) is -0.225. The third-order valence-corrected chi connectivity index (χ3v) is 4.31. The number of carbonyl (C=O) groups is 2. The Morgan fingerprint density at radius 2 is 2.05 bits per heavy atom. The van der Waals surface area contributed by atoms with Gasteiger partial charge in [-0.3, -0.25) is 9.59 Å². The lowest BCUT2D eigenvalue weighted by atomic mass is 9.93. The van der Waals surface area contributed by atoms with E-state index in [9.17, 15) is 9.59 Å². The van der Waals surface area contributed by atoms with Gasteiger partial charge < -0.3 is 14.7 Å².